The zero-order chi connectivity index (χ0) is 16.4. The molecule has 5 nitrogen and oxygen atoms in total. The van der Waals surface area contributed by atoms with Crippen LogP contribution >= 0.6 is 24.0 Å². The third-order valence-corrected chi connectivity index (χ3v) is 4.50. The SMILES string of the molecule is Cc1cccc(C(=O)NN2C(=O)/C(=C/c3ccc[nH]3)SC2=S)c1. The van der Waals surface area contributed by atoms with E-state index in [1.165, 1.54) is 0 Å². The Morgan fingerprint density at radius 1 is 1.35 bits per heavy atom. The van der Waals surface area contributed by atoms with Crippen molar-refractivity contribution in [3.8, 4) is 0 Å². The summed E-state index contributed by atoms with van der Waals surface area (Å²) in [5.41, 5.74) is 4.81. The van der Waals surface area contributed by atoms with E-state index >= 15 is 0 Å². The molecule has 23 heavy (non-hydrogen) atoms. The maximum atomic E-state index is 12.4. The predicted octanol–water partition coefficient (Wildman–Crippen LogP) is 2.87. The number of benzene rings is 1. The van der Waals surface area contributed by atoms with Gasteiger partial charge in [0.05, 0.1) is 4.91 Å². The van der Waals surface area contributed by atoms with Gasteiger partial charge in [0.15, 0.2) is 4.32 Å². The van der Waals surface area contributed by atoms with Crippen molar-refractivity contribution in [3.05, 3.63) is 64.3 Å². The first-order valence-corrected chi connectivity index (χ1v) is 8.06. The Morgan fingerprint density at radius 2 is 2.17 bits per heavy atom. The summed E-state index contributed by atoms with van der Waals surface area (Å²) < 4.78 is 0.300. The molecule has 2 aromatic rings. The van der Waals surface area contributed by atoms with Gasteiger partial charge in [-0.1, -0.05) is 29.5 Å². The number of nitrogens with one attached hydrogen (secondary N) is 2. The Bertz CT molecular complexity index is 812. The number of carbonyl (C=O) groups is 2. The van der Waals surface area contributed by atoms with Gasteiger partial charge in [-0.05, 0) is 49.5 Å². The lowest BCUT2D eigenvalue weighted by Gasteiger charge is -2.15. The molecule has 1 aromatic carbocycles. The second kappa shape index (κ2) is 6.39. The van der Waals surface area contributed by atoms with E-state index in [1.807, 2.05) is 25.1 Å². The fourth-order valence-electron chi connectivity index (χ4n) is 2.09. The van der Waals surface area contributed by atoms with Crippen LogP contribution in [0.4, 0.5) is 0 Å². The highest BCUT2D eigenvalue weighted by Gasteiger charge is 2.33. The average Bonchev–Trinajstić information content (AvgIpc) is 3.12. The number of H-pyrrole nitrogens is 1. The number of aromatic nitrogens is 1. The average molecular weight is 343 g/mol. The second-order valence-corrected chi connectivity index (χ2v) is 6.63. The van der Waals surface area contributed by atoms with Gasteiger partial charge in [-0.25, -0.2) is 0 Å². The molecule has 0 unspecified atom stereocenters. The van der Waals surface area contributed by atoms with Crippen LogP contribution in [-0.2, 0) is 4.79 Å². The molecule has 116 valence electrons. The van der Waals surface area contributed by atoms with Crippen molar-refractivity contribution in [2.45, 2.75) is 6.92 Å². The molecule has 2 heterocycles. The zero-order valence-corrected chi connectivity index (χ0v) is 13.8. The highest BCUT2D eigenvalue weighted by molar-refractivity contribution is 8.26. The molecule has 7 heteroatoms. The lowest BCUT2D eigenvalue weighted by Crippen LogP contribution is -2.44. The number of aryl methyl sites for hydroxylation is 1. The molecular formula is C16H13N3O2S2. The maximum absolute atomic E-state index is 12.4. The van der Waals surface area contributed by atoms with Crippen molar-refractivity contribution < 1.29 is 9.59 Å². The molecule has 1 aliphatic rings. The minimum atomic E-state index is -0.369. The van der Waals surface area contributed by atoms with Gasteiger partial charge in [-0.15, -0.1) is 0 Å². The van der Waals surface area contributed by atoms with Crippen LogP contribution in [-0.4, -0.2) is 26.1 Å². The number of thiocarbonyl (C=S) groups is 1. The highest BCUT2D eigenvalue weighted by atomic mass is 32.2. The van der Waals surface area contributed by atoms with Gasteiger partial charge in [0, 0.05) is 17.5 Å². The number of thioether (sulfide) groups is 1. The van der Waals surface area contributed by atoms with Crippen LogP contribution in [0.3, 0.4) is 0 Å². The van der Waals surface area contributed by atoms with Crippen molar-refractivity contribution in [1.29, 1.82) is 0 Å². The third kappa shape index (κ3) is 3.35. The summed E-state index contributed by atoms with van der Waals surface area (Å²) in [7, 11) is 0. The van der Waals surface area contributed by atoms with E-state index < -0.39 is 0 Å². The van der Waals surface area contributed by atoms with E-state index in [-0.39, 0.29) is 11.8 Å². The minimum Gasteiger partial charge on any atom is -0.362 e. The standard InChI is InChI=1S/C16H13N3O2S2/c1-10-4-2-5-11(8-10)14(20)18-19-15(21)13(23-16(19)22)9-12-6-3-7-17-12/h2-9,17H,1H3,(H,18,20)/b13-9-. The molecule has 1 aromatic heterocycles. The number of hydrogen-bond acceptors (Lipinski definition) is 4. The second-order valence-electron chi connectivity index (χ2n) is 4.95. The molecule has 0 bridgehead atoms. The van der Waals surface area contributed by atoms with E-state index in [2.05, 4.69) is 10.4 Å². The largest absolute Gasteiger partial charge is 0.362 e. The molecule has 0 aliphatic carbocycles. The summed E-state index contributed by atoms with van der Waals surface area (Å²) in [4.78, 5) is 28.1. The summed E-state index contributed by atoms with van der Waals surface area (Å²) in [6.45, 7) is 1.90. The zero-order valence-electron chi connectivity index (χ0n) is 12.2. The number of hydrogen-bond donors (Lipinski definition) is 2. The van der Waals surface area contributed by atoms with Crippen LogP contribution in [0.5, 0.6) is 0 Å². The Kier molecular flexibility index (Phi) is 4.31. The molecule has 1 saturated heterocycles. The first-order chi connectivity index (χ1) is 11.0. The Morgan fingerprint density at radius 3 is 2.87 bits per heavy atom. The number of amides is 2. The first kappa shape index (κ1) is 15.5. The number of nitrogens with zero attached hydrogens (tertiary/aromatic N) is 1. The fraction of sp³-hybridized carbons (Fsp3) is 0.0625. The molecular weight excluding hydrogens is 330 g/mol. The summed E-state index contributed by atoms with van der Waals surface area (Å²) >= 11 is 6.34. The van der Waals surface area contributed by atoms with Gasteiger partial charge in [-0.3, -0.25) is 15.0 Å². The normalized spacial score (nSPS) is 16.2. The van der Waals surface area contributed by atoms with Crippen LogP contribution in [0.25, 0.3) is 6.08 Å². The van der Waals surface area contributed by atoms with Crippen LogP contribution in [0.2, 0.25) is 0 Å². The van der Waals surface area contributed by atoms with E-state index in [0.717, 1.165) is 28.0 Å². The predicted molar refractivity (Wildman–Crippen MR) is 94.4 cm³/mol. The fourth-order valence-corrected chi connectivity index (χ4v) is 3.26. The van der Waals surface area contributed by atoms with Crippen molar-refractivity contribution in [3.63, 3.8) is 0 Å². The third-order valence-electron chi connectivity index (χ3n) is 3.20. The lowest BCUT2D eigenvalue weighted by atomic mass is 10.1. The summed E-state index contributed by atoms with van der Waals surface area (Å²) in [5, 5.41) is 1.11. The minimum absolute atomic E-state index is 0.300. The molecule has 1 aliphatic heterocycles. The van der Waals surface area contributed by atoms with Crippen molar-refractivity contribution in [2.24, 2.45) is 0 Å². The highest BCUT2D eigenvalue weighted by Crippen LogP contribution is 2.31. The molecule has 0 atom stereocenters. The maximum Gasteiger partial charge on any atom is 0.285 e. The lowest BCUT2D eigenvalue weighted by molar-refractivity contribution is -0.123. The molecule has 3 rings (SSSR count). The summed E-state index contributed by atoms with van der Waals surface area (Å²) in [5.74, 6) is -0.707. The molecule has 0 radical (unpaired) electrons. The van der Waals surface area contributed by atoms with Crippen LogP contribution in [0, 0.1) is 6.92 Å². The van der Waals surface area contributed by atoms with Crippen LogP contribution in [0.15, 0.2) is 47.5 Å². The van der Waals surface area contributed by atoms with Gasteiger partial charge in [0.2, 0.25) is 0 Å². The Balaban J connectivity index is 1.77. The number of aromatic amines is 1. The van der Waals surface area contributed by atoms with Crippen molar-refractivity contribution in [1.82, 2.24) is 15.4 Å². The van der Waals surface area contributed by atoms with E-state index in [0.29, 0.717) is 14.8 Å². The molecule has 2 amide bonds. The monoisotopic (exact) mass is 343 g/mol. The molecule has 0 saturated carbocycles. The van der Waals surface area contributed by atoms with E-state index in [1.54, 1.807) is 30.5 Å². The topological polar surface area (TPSA) is 65.2 Å². The van der Waals surface area contributed by atoms with Gasteiger partial charge in [0.1, 0.15) is 0 Å². The van der Waals surface area contributed by atoms with E-state index in [4.69, 9.17) is 12.2 Å². The van der Waals surface area contributed by atoms with Crippen LogP contribution < -0.4 is 5.43 Å². The number of carbonyl (C=O) groups excluding carboxylic acids is 2. The molecule has 1 fully saturated rings. The molecule has 0 spiro atoms. The first-order valence-electron chi connectivity index (χ1n) is 6.83. The Hall–Kier alpha value is -2.38. The summed E-state index contributed by atoms with van der Waals surface area (Å²) in [6.07, 6.45) is 3.48. The van der Waals surface area contributed by atoms with Gasteiger partial charge < -0.3 is 4.98 Å². The van der Waals surface area contributed by atoms with Gasteiger partial charge >= 0.3 is 0 Å². The van der Waals surface area contributed by atoms with E-state index in [9.17, 15) is 9.59 Å². The Labute approximate surface area is 142 Å². The quantitative estimate of drug-likeness (QED) is 0.664. The van der Waals surface area contributed by atoms with Crippen molar-refractivity contribution in [2.75, 3.05) is 0 Å². The number of rotatable bonds is 3. The van der Waals surface area contributed by atoms with Gasteiger partial charge in [-0.2, -0.15) is 5.01 Å². The smallest absolute Gasteiger partial charge is 0.285 e. The molecule has 2 N–H and O–H groups in total. The van der Waals surface area contributed by atoms with Gasteiger partial charge in [0.25, 0.3) is 11.8 Å². The van der Waals surface area contributed by atoms with Crippen molar-refractivity contribution >= 4 is 46.2 Å². The summed E-state index contributed by atoms with van der Waals surface area (Å²) in [6, 6.07) is 10.8. The van der Waals surface area contributed by atoms with Crippen LogP contribution in [0.1, 0.15) is 21.6 Å². The number of hydrazine groups is 1.